The zero-order valence-electron chi connectivity index (χ0n) is 9.68. The second-order valence-corrected chi connectivity index (χ2v) is 4.94. The van der Waals surface area contributed by atoms with E-state index in [1.807, 2.05) is 0 Å². The lowest BCUT2D eigenvalue weighted by Gasteiger charge is -2.43. The highest BCUT2D eigenvalue weighted by atomic mass is 16.5. The molecule has 1 aliphatic carbocycles. The molecule has 82 valence electrons. The minimum Gasteiger partial charge on any atom is -0.634 e. The van der Waals surface area contributed by atoms with Crippen LogP contribution >= 0.6 is 0 Å². The van der Waals surface area contributed by atoms with Crippen molar-refractivity contribution >= 4 is 0 Å². The van der Waals surface area contributed by atoms with Crippen LogP contribution in [0.3, 0.4) is 0 Å². The van der Waals surface area contributed by atoms with Crippen LogP contribution in [0.15, 0.2) is 12.2 Å². The number of quaternary nitrogens is 1. The van der Waals surface area contributed by atoms with Crippen LogP contribution in [0.2, 0.25) is 0 Å². The zero-order chi connectivity index (χ0) is 10.6. The second kappa shape index (κ2) is 4.94. The van der Waals surface area contributed by atoms with Gasteiger partial charge in [-0.05, 0) is 33.1 Å². The molecule has 1 aliphatic rings. The van der Waals surface area contributed by atoms with E-state index in [2.05, 4.69) is 32.9 Å². The summed E-state index contributed by atoms with van der Waals surface area (Å²) >= 11 is 0. The van der Waals surface area contributed by atoms with E-state index in [4.69, 9.17) is 0 Å². The number of hydrogen-bond acceptors (Lipinski definition) is 1. The molecule has 1 N–H and O–H groups in total. The standard InChI is InChI=1S/C12H23NO/c1-4-12(2,3)13(14)11-9-7-5-6-8-10-11/h5,7,11,13H,4,6,8-10H2,1-3H3. The Labute approximate surface area is 87.6 Å². The van der Waals surface area contributed by atoms with Crippen molar-refractivity contribution in [2.45, 2.75) is 64.5 Å². The molecule has 0 spiro atoms. The summed E-state index contributed by atoms with van der Waals surface area (Å²) in [7, 11) is 0. The number of hydroxylamine groups is 2. The van der Waals surface area contributed by atoms with Crippen molar-refractivity contribution in [1.82, 2.24) is 0 Å². The van der Waals surface area contributed by atoms with Crippen LogP contribution in [0.5, 0.6) is 0 Å². The highest BCUT2D eigenvalue weighted by molar-refractivity contribution is 4.88. The SMILES string of the molecule is CCC(C)(C)[NH+]([O-])C1CC=CCCC1. The Morgan fingerprint density at radius 2 is 2.14 bits per heavy atom. The molecule has 0 fully saturated rings. The molecule has 2 nitrogen and oxygen atoms in total. The van der Waals surface area contributed by atoms with Gasteiger partial charge in [0.2, 0.25) is 0 Å². The van der Waals surface area contributed by atoms with Crippen molar-refractivity contribution in [3.8, 4) is 0 Å². The summed E-state index contributed by atoms with van der Waals surface area (Å²) in [5, 5.41) is 12.6. The van der Waals surface area contributed by atoms with Gasteiger partial charge in [-0.3, -0.25) is 0 Å². The molecule has 14 heavy (non-hydrogen) atoms. The van der Waals surface area contributed by atoms with Gasteiger partial charge in [-0.15, -0.1) is 0 Å². The molecule has 0 bridgehead atoms. The minimum atomic E-state index is -0.122. The monoisotopic (exact) mass is 197 g/mol. The number of allylic oxidation sites excluding steroid dienone is 1. The Kier molecular flexibility index (Phi) is 4.14. The van der Waals surface area contributed by atoms with Crippen LogP contribution in [0, 0.1) is 5.21 Å². The van der Waals surface area contributed by atoms with Crippen molar-refractivity contribution in [2.24, 2.45) is 0 Å². The number of nitrogens with one attached hydrogen (secondary N) is 1. The van der Waals surface area contributed by atoms with Gasteiger partial charge in [0.25, 0.3) is 0 Å². The third-order valence-electron chi connectivity index (χ3n) is 3.43. The number of hydrogen-bond donors (Lipinski definition) is 1. The lowest BCUT2D eigenvalue weighted by atomic mass is 9.97. The highest BCUT2D eigenvalue weighted by Gasteiger charge is 2.28. The normalized spacial score (nSPS) is 25.9. The van der Waals surface area contributed by atoms with Gasteiger partial charge in [0.1, 0.15) is 0 Å². The Morgan fingerprint density at radius 3 is 2.79 bits per heavy atom. The third kappa shape index (κ3) is 2.82. The molecule has 2 heteroatoms. The van der Waals surface area contributed by atoms with Crippen molar-refractivity contribution in [1.29, 1.82) is 0 Å². The Morgan fingerprint density at radius 1 is 1.43 bits per heavy atom. The van der Waals surface area contributed by atoms with Crippen LogP contribution in [0.4, 0.5) is 0 Å². The van der Waals surface area contributed by atoms with E-state index in [1.54, 1.807) is 0 Å². The Balaban J connectivity index is 2.58. The van der Waals surface area contributed by atoms with Crippen molar-refractivity contribution < 1.29 is 5.06 Å². The molecule has 0 aliphatic heterocycles. The molecule has 0 radical (unpaired) electrons. The largest absolute Gasteiger partial charge is 0.634 e. The van der Waals surface area contributed by atoms with Gasteiger partial charge in [-0.25, -0.2) is 0 Å². The molecule has 2 atom stereocenters. The van der Waals surface area contributed by atoms with E-state index in [9.17, 15) is 5.21 Å². The van der Waals surface area contributed by atoms with Gasteiger partial charge in [0, 0.05) is 12.8 Å². The summed E-state index contributed by atoms with van der Waals surface area (Å²) in [5.41, 5.74) is -0.122. The predicted octanol–water partition coefficient (Wildman–Crippen LogP) is 2.06. The first kappa shape index (κ1) is 11.7. The van der Waals surface area contributed by atoms with Gasteiger partial charge >= 0.3 is 0 Å². The third-order valence-corrected chi connectivity index (χ3v) is 3.43. The van der Waals surface area contributed by atoms with E-state index < -0.39 is 0 Å². The lowest BCUT2D eigenvalue weighted by molar-refractivity contribution is -0.926. The maximum absolute atomic E-state index is 12.2. The second-order valence-electron chi connectivity index (χ2n) is 4.94. The molecule has 0 aromatic heterocycles. The minimum absolute atomic E-state index is 0.122. The summed E-state index contributed by atoms with van der Waals surface area (Å²) < 4.78 is 0. The molecule has 1 rings (SSSR count). The zero-order valence-corrected chi connectivity index (χ0v) is 9.68. The molecule has 0 heterocycles. The molecule has 0 amide bonds. The average Bonchev–Trinajstić information content (AvgIpc) is 2.44. The maximum atomic E-state index is 12.2. The van der Waals surface area contributed by atoms with E-state index in [0.717, 1.165) is 25.7 Å². The highest BCUT2D eigenvalue weighted by Crippen LogP contribution is 2.12. The topological polar surface area (TPSA) is 27.5 Å². The van der Waals surface area contributed by atoms with E-state index in [1.165, 1.54) is 6.42 Å². The van der Waals surface area contributed by atoms with E-state index in [0.29, 0.717) is 5.06 Å². The summed E-state index contributed by atoms with van der Waals surface area (Å²) in [5.74, 6) is 0. The van der Waals surface area contributed by atoms with E-state index >= 15 is 0 Å². The van der Waals surface area contributed by atoms with Gasteiger partial charge in [0.05, 0.1) is 11.6 Å². The molecule has 0 aromatic rings. The Hall–Kier alpha value is -0.340. The Bertz CT molecular complexity index is 198. The van der Waals surface area contributed by atoms with Crippen LogP contribution in [0.25, 0.3) is 0 Å². The average molecular weight is 197 g/mol. The fraction of sp³-hybridized carbons (Fsp3) is 0.833. The fourth-order valence-corrected chi connectivity index (χ4v) is 1.94. The summed E-state index contributed by atoms with van der Waals surface area (Å²) in [6, 6.07) is 0.281. The van der Waals surface area contributed by atoms with Crippen molar-refractivity contribution in [3.63, 3.8) is 0 Å². The van der Waals surface area contributed by atoms with E-state index in [-0.39, 0.29) is 11.6 Å². The van der Waals surface area contributed by atoms with Crippen molar-refractivity contribution in [3.05, 3.63) is 17.4 Å². The lowest BCUT2D eigenvalue weighted by Crippen LogP contribution is -3.18. The van der Waals surface area contributed by atoms with Crippen LogP contribution in [-0.2, 0) is 0 Å². The molecule has 2 unspecified atom stereocenters. The van der Waals surface area contributed by atoms with Gasteiger partial charge < -0.3 is 10.3 Å². The van der Waals surface area contributed by atoms with Crippen molar-refractivity contribution in [2.75, 3.05) is 0 Å². The first-order valence-corrected chi connectivity index (χ1v) is 5.77. The van der Waals surface area contributed by atoms with Gasteiger partial charge in [0.15, 0.2) is 0 Å². The summed E-state index contributed by atoms with van der Waals surface area (Å²) in [4.78, 5) is 0. The molecule has 0 saturated carbocycles. The molecule has 0 saturated heterocycles. The predicted molar refractivity (Wildman–Crippen MR) is 60.1 cm³/mol. The number of rotatable bonds is 3. The van der Waals surface area contributed by atoms with Crippen LogP contribution in [0.1, 0.15) is 52.9 Å². The first-order chi connectivity index (χ1) is 6.58. The summed E-state index contributed by atoms with van der Waals surface area (Å²) in [6.45, 7) is 6.25. The van der Waals surface area contributed by atoms with Gasteiger partial charge in [-0.1, -0.05) is 19.1 Å². The van der Waals surface area contributed by atoms with Crippen LogP contribution < -0.4 is 5.06 Å². The fourth-order valence-electron chi connectivity index (χ4n) is 1.94. The molecule has 0 aromatic carbocycles. The smallest absolute Gasteiger partial charge is 0.0916 e. The first-order valence-electron chi connectivity index (χ1n) is 5.77. The van der Waals surface area contributed by atoms with Crippen LogP contribution in [-0.4, -0.2) is 11.6 Å². The molecular weight excluding hydrogens is 174 g/mol. The maximum Gasteiger partial charge on any atom is 0.0916 e. The molecular formula is C12H23NO. The van der Waals surface area contributed by atoms with Gasteiger partial charge in [-0.2, -0.15) is 0 Å². The summed E-state index contributed by atoms with van der Waals surface area (Å²) in [6.07, 6.45) is 9.71. The quantitative estimate of drug-likeness (QED) is 0.544.